The van der Waals surface area contributed by atoms with Crippen molar-refractivity contribution in [2.45, 2.75) is 33.9 Å². The number of fused-ring (bicyclic) bond motifs is 12. The Morgan fingerprint density at radius 3 is 0.867 bits per heavy atom. The van der Waals surface area contributed by atoms with E-state index >= 15 is 13.2 Å². The molecule has 0 unspecified atom stereocenters. The summed E-state index contributed by atoms with van der Waals surface area (Å²) in [7, 11) is 0. The number of aromatic nitrogens is 4. The Morgan fingerprint density at radius 1 is 0.278 bits per heavy atom. The minimum atomic E-state index is -4.72. The van der Waals surface area contributed by atoms with E-state index in [4.69, 9.17) is 0 Å². The standard InChI is InChI=1S/C40H26F3N3.C40H26N4/c1-24-14-16-31-29-10-3-5-12-33(29)45(35(31)18-24)37-21-28(27-9-7-8-26(20-27)23-44)22-38(39(37)40(41,42)43)46-34-13-6-4-11-30(34)32-17-15-25(2)19-36(32)46;1-25-14-16-32-30-10-3-5-12-35(30)43(37(32)18-25)39-21-29(28-9-7-8-27(20-28)23-41)22-40(34(39)24-42)44-36-13-6-4-11-31(36)33-17-15-26(2)19-38(33)44/h3-22H,1-2H3;3-22H,1-2H3. The third kappa shape index (κ3) is 8.86. The summed E-state index contributed by atoms with van der Waals surface area (Å²) in [4.78, 5) is 0. The molecule has 16 rings (SSSR count). The largest absolute Gasteiger partial charge is 0.420 e. The van der Waals surface area contributed by atoms with Gasteiger partial charge in [0, 0.05) is 43.1 Å². The first kappa shape index (κ1) is 54.7. The number of nitriles is 3. The molecule has 0 radical (unpaired) electrons. The van der Waals surface area contributed by atoms with Crippen molar-refractivity contribution in [3.05, 3.63) is 287 Å². The third-order valence-corrected chi connectivity index (χ3v) is 17.5. The number of hydrogen-bond donors (Lipinski definition) is 0. The van der Waals surface area contributed by atoms with E-state index in [1.165, 1.54) is 0 Å². The Morgan fingerprint density at radius 2 is 0.567 bits per heavy atom. The maximum Gasteiger partial charge on any atom is 0.420 e. The van der Waals surface area contributed by atoms with E-state index in [1.54, 1.807) is 39.5 Å². The lowest BCUT2D eigenvalue weighted by Crippen LogP contribution is -2.16. The lowest BCUT2D eigenvalue weighted by Gasteiger charge is -2.23. The summed E-state index contributed by atoms with van der Waals surface area (Å²) in [6.45, 7) is 8.09. The molecule has 90 heavy (non-hydrogen) atoms. The maximum atomic E-state index is 15.8. The van der Waals surface area contributed by atoms with Crippen LogP contribution in [0.3, 0.4) is 0 Å². The molecule has 0 N–H and O–H groups in total. The minimum absolute atomic E-state index is 0.0257. The fourth-order valence-corrected chi connectivity index (χ4v) is 13.6. The Kier molecular flexibility index (Phi) is 12.9. The van der Waals surface area contributed by atoms with Crippen molar-refractivity contribution < 1.29 is 13.2 Å². The van der Waals surface area contributed by atoms with Crippen LogP contribution >= 0.6 is 0 Å². The second-order valence-corrected chi connectivity index (χ2v) is 23.3. The normalized spacial score (nSPS) is 11.7. The highest BCUT2D eigenvalue weighted by molar-refractivity contribution is 6.13. The quantitative estimate of drug-likeness (QED) is 0.166. The molecule has 4 heterocycles. The highest BCUT2D eigenvalue weighted by atomic mass is 19.4. The van der Waals surface area contributed by atoms with Gasteiger partial charge in [0.2, 0.25) is 0 Å². The lowest BCUT2D eigenvalue weighted by molar-refractivity contribution is -0.137. The zero-order chi connectivity index (χ0) is 61.7. The summed E-state index contributed by atoms with van der Waals surface area (Å²) < 4.78 is 55.5. The second-order valence-electron chi connectivity index (χ2n) is 23.3. The Balaban J connectivity index is 0.000000150. The van der Waals surface area contributed by atoms with E-state index in [-0.39, 0.29) is 11.4 Å². The van der Waals surface area contributed by atoms with Gasteiger partial charge in [0.25, 0.3) is 0 Å². The van der Waals surface area contributed by atoms with Gasteiger partial charge in [0.05, 0.1) is 90.1 Å². The molecular formula is C80H52F3N7. The maximum absolute atomic E-state index is 15.8. The SMILES string of the molecule is Cc1ccc2c3ccccc3n(-c3cc(-c4cccc(C#N)c4)cc(-n4c5ccccc5c5ccc(C)cc54)c3C#N)c2c1.Cc1ccc2c3ccccc3n(-c3cc(-c4cccc(C#N)c4)cc(-n4c5ccccc5c5ccc(C)cc54)c3C(F)(F)F)c2c1. The van der Waals surface area contributed by atoms with Gasteiger partial charge in [0.15, 0.2) is 0 Å². The minimum Gasteiger partial charge on any atom is -0.309 e. The summed E-state index contributed by atoms with van der Waals surface area (Å²) in [6.07, 6.45) is -4.72. The molecule has 0 aliphatic carbocycles. The molecular weight excluding hydrogens is 1120 g/mol. The summed E-state index contributed by atoms with van der Waals surface area (Å²) >= 11 is 0. The van der Waals surface area contributed by atoms with Gasteiger partial charge >= 0.3 is 6.18 Å². The van der Waals surface area contributed by atoms with Crippen LogP contribution in [0.15, 0.2) is 243 Å². The van der Waals surface area contributed by atoms with E-state index < -0.39 is 11.7 Å². The van der Waals surface area contributed by atoms with Gasteiger partial charge in [-0.3, -0.25) is 0 Å². The highest BCUT2D eigenvalue weighted by Crippen LogP contribution is 2.47. The molecule has 0 atom stereocenters. The van der Waals surface area contributed by atoms with Crippen molar-refractivity contribution in [1.82, 2.24) is 18.3 Å². The smallest absolute Gasteiger partial charge is 0.309 e. The number of para-hydroxylation sites is 4. The van der Waals surface area contributed by atoms with Crippen LogP contribution in [-0.4, -0.2) is 18.3 Å². The van der Waals surface area contributed by atoms with Gasteiger partial charge in [0.1, 0.15) is 17.2 Å². The van der Waals surface area contributed by atoms with Crippen LogP contribution in [0.4, 0.5) is 13.2 Å². The Bertz CT molecular complexity index is 5540. The number of benzene rings is 12. The molecule has 428 valence electrons. The number of halogens is 3. The monoisotopic (exact) mass is 1170 g/mol. The van der Waals surface area contributed by atoms with Gasteiger partial charge in [-0.15, -0.1) is 0 Å². The van der Waals surface area contributed by atoms with E-state index in [0.29, 0.717) is 49.9 Å². The van der Waals surface area contributed by atoms with Crippen LogP contribution in [0, 0.1) is 61.7 Å². The number of hydrogen-bond acceptors (Lipinski definition) is 3. The second kappa shape index (κ2) is 21.2. The number of alkyl halides is 3. The van der Waals surface area contributed by atoms with Gasteiger partial charge in [-0.05, 0) is 169 Å². The van der Waals surface area contributed by atoms with Gasteiger partial charge in [-0.2, -0.15) is 29.0 Å². The molecule has 0 aliphatic rings. The zero-order valence-electron chi connectivity index (χ0n) is 49.4. The molecule has 0 saturated carbocycles. The molecule has 0 spiro atoms. The van der Waals surface area contributed by atoms with Crippen molar-refractivity contribution in [3.63, 3.8) is 0 Å². The summed E-state index contributed by atoms with van der Waals surface area (Å²) in [5.41, 5.74) is 16.7. The van der Waals surface area contributed by atoms with Crippen molar-refractivity contribution in [2.24, 2.45) is 0 Å². The summed E-state index contributed by atoms with van der Waals surface area (Å²) in [6, 6.07) is 86.0. The van der Waals surface area contributed by atoms with Crippen molar-refractivity contribution in [1.29, 1.82) is 15.8 Å². The van der Waals surface area contributed by atoms with E-state index in [2.05, 4.69) is 126 Å². The zero-order valence-corrected chi connectivity index (χ0v) is 49.4. The van der Waals surface area contributed by atoms with Crippen LogP contribution in [0.25, 0.3) is 132 Å². The fourth-order valence-electron chi connectivity index (χ4n) is 13.6. The van der Waals surface area contributed by atoms with Crippen LogP contribution in [-0.2, 0) is 6.18 Å². The molecule has 7 nitrogen and oxygen atoms in total. The molecule has 0 aliphatic heterocycles. The lowest BCUT2D eigenvalue weighted by atomic mass is 9.98. The first-order chi connectivity index (χ1) is 43.8. The summed E-state index contributed by atoms with van der Waals surface area (Å²) in [5, 5.41) is 38.5. The average Bonchev–Trinajstić information content (AvgIpc) is 1.55. The molecule has 0 bridgehead atoms. The third-order valence-electron chi connectivity index (χ3n) is 17.5. The van der Waals surface area contributed by atoms with E-state index in [9.17, 15) is 15.8 Å². The van der Waals surface area contributed by atoms with Crippen molar-refractivity contribution in [2.75, 3.05) is 0 Å². The van der Waals surface area contributed by atoms with Gasteiger partial charge in [-0.1, -0.05) is 146 Å². The molecule has 0 amide bonds. The molecule has 0 saturated heterocycles. The van der Waals surface area contributed by atoms with Crippen molar-refractivity contribution in [3.8, 4) is 63.2 Å². The van der Waals surface area contributed by atoms with Crippen LogP contribution in [0.5, 0.6) is 0 Å². The molecule has 0 fully saturated rings. The van der Waals surface area contributed by atoms with Gasteiger partial charge < -0.3 is 18.3 Å². The molecule has 10 heteroatoms. The van der Waals surface area contributed by atoms with Crippen LogP contribution < -0.4 is 0 Å². The predicted molar refractivity (Wildman–Crippen MR) is 359 cm³/mol. The Hall–Kier alpha value is -11.9. The first-order valence-electron chi connectivity index (χ1n) is 29.6. The topological polar surface area (TPSA) is 91.1 Å². The van der Waals surface area contributed by atoms with E-state index in [1.807, 2.05) is 141 Å². The first-order valence-corrected chi connectivity index (χ1v) is 29.6. The molecule has 16 aromatic rings. The van der Waals surface area contributed by atoms with Crippen LogP contribution in [0.2, 0.25) is 0 Å². The highest BCUT2D eigenvalue weighted by Gasteiger charge is 2.40. The predicted octanol–water partition coefficient (Wildman–Crippen LogP) is 21.0. The number of rotatable bonds is 6. The van der Waals surface area contributed by atoms with E-state index in [0.717, 1.165) is 110 Å². The van der Waals surface area contributed by atoms with Crippen LogP contribution in [0.1, 0.15) is 44.5 Å². The number of aryl methyl sites for hydroxylation is 4. The number of nitrogens with zero attached hydrogens (tertiary/aromatic N) is 7. The summed E-state index contributed by atoms with van der Waals surface area (Å²) in [5.74, 6) is 0. The molecule has 4 aromatic heterocycles. The fraction of sp³-hybridized carbons (Fsp3) is 0.0625. The van der Waals surface area contributed by atoms with Gasteiger partial charge in [-0.25, -0.2) is 0 Å². The van der Waals surface area contributed by atoms with Crippen molar-refractivity contribution >= 4 is 87.2 Å². The Labute approximate surface area is 516 Å². The molecule has 12 aromatic carbocycles. The average molecular weight is 1170 g/mol.